The molecule has 1 aromatic carbocycles. The average molecular weight is 348 g/mol. The maximum atomic E-state index is 12.7. The predicted octanol–water partition coefficient (Wildman–Crippen LogP) is 2.25. The molecule has 2 rings (SSSR count). The van der Waals surface area contributed by atoms with Crippen LogP contribution in [0.5, 0.6) is 0 Å². The zero-order chi connectivity index (χ0) is 18.1. The summed E-state index contributed by atoms with van der Waals surface area (Å²) in [5, 5.41) is 0. The molecule has 0 aliphatic heterocycles. The topological polar surface area (TPSA) is 75.2 Å². The lowest BCUT2D eigenvalue weighted by molar-refractivity contribution is 0.577. The van der Waals surface area contributed by atoms with Crippen molar-refractivity contribution >= 4 is 15.8 Å². The minimum absolute atomic E-state index is 0.0532. The van der Waals surface area contributed by atoms with Gasteiger partial charge in [-0.15, -0.1) is 0 Å². The number of rotatable bonds is 5. The SMILES string of the molecule is Cc1cc(C)c(S(=O)(=O)NCc2nc(C)cc(N(C)C)n2)c(C)c1. The van der Waals surface area contributed by atoms with E-state index in [0.29, 0.717) is 10.7 Å². The third kappa shape index (κ3) is 4.10. The number of aryl methyl sites for hydroxylation is 4. The zero-order valence-electron chi connectivity index (χ0n) is 15.0. The van der Waals surface area contributed by atoms with E-state index in [1.54, 1.807) is 0 Å². The molecule has 0 amide bonds. The Balaban J connectivity index is 2.29. The summed E-state index contributed by atoms with van der Waals surface area (Å²) in [5.74, 6) is 1.20. The van der Waals surface area contributed by atoms with E-state index in [9.17, 15) is 8.42 Å². The molecule has 0 fully saturated rings. The van der Waals surface area contributed by atoms with Crippen molar-refractivity contribution in [1.82, 2.24) is 14.7 Å². The molecule has 0 unspecified atom stereocenters. The molecule has 2 aromatic rings. The fraction of sp³-hybridized carbons (Fsp3) is 0.412. The standard InChI is InChI=1S/C17H24N4O2S/c1-11-7-12(2)17(13(3)8-11)24(22,23)18-10-15-19-14(4)9-16(20-15)21(5)6/h7-9,18H,10H2,1-6H3. The van der Waals surface area contributed by atoms with Gasteiger partial charge in [0.1, 0.15) is 11.6 Å². The molecule has 0 saturated heterocycles. The van der Waals surface area contributed by atoms with Crippen molar-refractivity contribution in [2.45, 2.75) is 39.1 Å². The van der Waals surface area contributed by atoms with Gasteiger partial charge in [-0.05, 0) is 38.8 Å². The third-order valence-electron chi connectivity index (χ3n) is 3.64. The smallest absolute Gasteiger partial charge is 0.241 e. The monoisotopic (exact) mass is 348 g/mol. The Morgan fingerprint density at radius 1 is 1.00 bits per heavy atom. The van der Waals surface area contributed by atoms with Gasteiger partial charge in [-0.3, -0.25) is 0 Å². The molecule has 0 aliphatic carbocycles. The number of nitrogens with one attached hydrogen (secondary N) is 1. The van der Waals surface area contributed by atoms with Gasteiger partial charge in [0.25, 0.3) is 0 Å². The summed E-state index contributed by atoms with van der Waals surface area (Å²) >= 11 is 0. The summed E-state index contributed by atoms with van der Waals surface area (Å²) in [6.07, 6.45) is 0. The third-order valence-corrected chi connectivity index (χ3v) is 5.34. The second-order valence-electron chi connectivity index (χ2n) is 6.23. The number of anilines is 1. The molecule has 0 saturated carbocycles. The van der Waals surface area contributed by atoms with Gasteiger partial charge in [0.2, 0.25) is 10.0 Å². The molecule has 1 N–H and O–H groups in total. The maximum Gasteiger partial charge on any atom is 0.241 e. The van der Waals surface area contributed by atoms with E-state index in [-0.39, 0.29) is 6.54 Å². The minimum Gasteiger partial charge on any atom is -0.363 e. The molecule has 7 heteroatoms. The molecule has 24 heavy (non-hydrogen) atoms. The molecule has 1 aromatic heterocycles. The first kappa shape index (κ1) is 18.4. The van der Waals surface area contributed by atoms with Crippen LogP contribution in [0.2, 0.25) is 0 Å². The maximum absolute atomic E-state index is 12.7. The van der Waals surface area contributed by atoms with Crippen molar-refractivity contribution in [3.63, 3.8) is 0 Å². The van der Waals surface area contributed by atoms with E-state index in [1.165, 1.54) is 0 Å². The van der Waals surface area contributed by atoms with Crippen LogP contribution < -0.4 is 9.62 Å². The Morgan fingerprint density at radius 2 is 1.58 bits per heavy atom. The summed E-state index contributed by atoms with van der Waals surface area (Å²) in [5.41, 5.74) is 3.31. The molecule has 130 valence electrons. The number of nitrogens with zero attached hydrogens (tertiary/aromatic N) is 3. The van der Waals surface area contributed by atoms with E-state index in [2.05, 4.69) is 14.7 Å². The van der Waals surface area contributed by atoms with Crippen molar-refractivity contribution in [3.8, 4) is 0 Å². The van der Waals surface area contributed by atoms with E-state index >= 15 is 0 Å². The van der Waals surface area contributed by atoms with Gasteiger partial charge in [-0.1, -0.05) is 17.7 Å². The van der Waals surface area contributed by atoms with E-state index in [4.69, 9.17) is 0 Å². The van der Waals surface area contributed by atoms with Gasteiger partial charge in [0.15, 0.2) is 0 Å². The van der Waals surface area contributed by atoms with Crippen LogP contribution >= 0.6 is 0 Å². The highest BCUT2D eigenvalue weighted by atomic mass is 32.2. The van der Waals surface area contributed by atoms with Crippen LogP contribution in [0, 0.1) is 27.7 Å². The summed E-state index contributed by atoms with van der Waals surface area (Å²) in [4.78, 5) is 10.9. The molecule has 0 aliphatic rings. The van der Waals surface area contributed by atoms with Crippen LogP contribution in [0.1, 0.15) is 28.2 Å². The lowest BCUT2D eigenvalue weighted by Gasteiger charge is -2.15. The number of benzene rings is 1. The van der Waals surface area contributed by atoms with Crippen LogP contribution in [0.15, 0.2) is 23.1 Å². The molecular formula is C17H24N4O2S. The van der Waals surface area contributed by atoms with Crippen LogP contribution in [0.25, 0.3) is 0 Å². The highest BCUT2D eigenvalue weighted by Gasteiger charge is 2.20. The molecule has 0 radical (unpaired) electrons. The molecule has 6 nitrogen and oxygen atoms in total. The van der Waals surface area contributed by atoms with Gasteiger partial charge in [0.05, 0.1) is 11.4 Å². The van der Waals surface area contributed by atoms with E-state index in [0.717, 1.165) is 28.2 Å². The minimum atomic E-state index is -3.63. The summed E-state index contributed by atoms with van der Waals surface area (Å²) < 4.78 is 28.0. The molecule has 1 heterocycles. The lowest BCUT2D eigenvalue weighted by atomic mass is 10.1. The van der Waals surface area contributed by atoms with Crippen molar-refractivity contribution in [2.24, 2.45) is 0 Å². The van der Waals surface area contributed by atoms with Crippen LogP contribution in [-0.4, -0.2) is 32.5 Å². The van der Waals surface area contributed by atoms with E-state index < -0.39 is 10.0 Å². The second-order valence-corrected chi connectivity index (χ2v) is 7.93. The fourth-order valence-corrected chi connectivity index (χ4v) is 4.17. The highest BCUT2D eigenvalue weighted by molar-refractivity contribution is 7.89. The summed E-state index contributed by atoms with van der Waals surface area (Å²) in [6, 6.07) is 5.59. The average Bonchev–Trinajstić information content (AvgIpc) is 2.43. The summed E-state index contributed by atoms with van der Waals surface area (Å²) in [7, 11) is 0.141. The number of hydrogen-bond acceptors (Lipinski definition) is 5. The van der Waals surface area contributed by atoms with Crippen LogP contribution in [0.4, 0.5) is 5.82 Å². The van der Waals surface area contributed by atoms with Crippen LogP contribution in [-0.2, 0) is 16.6 Å². The number of aromatic nitrogens is 2. The van der Waals surface area contributed by atoms with Crippen molar-refractivity contribution < 1.29 is 8.42 Å². The first-order valence-electron chi connectivity index (χ1n) is 7.69. The second kappa shape index (κ2) is 6.86. The number of sulfonamides is 1. The summed E-state index contributed by atoms with van der Waals surface area (Å²) in [6.45, 7) is 7.48. The predicted molar refractivity (Wildman–Crippen MR) is 95.8 cm³/mol. The quantitative estimate of drug-likeness (QED) is 0.897. The Morgan fingerprint density at radius 3 is 2.12 bits per heavy atom. The van der Waals surface area contributed by atoms with Gasteiger partial charge in [-0.25, -0.2) is 23.1 Å². The Bertz CT molecular complexity index is 838. The fourth-order valence-electron chi connectivity index (χ4n) is 2.74. The van der Waals surface area contributed by atoms with Gasteiger partial charge >= 0.3 is 0 Å². The Kier molecular flexibility index (Phi) is 5.25. The molecular weight excluding hydrogens is 324 g/mol. The van der Waals surface area contributed by atoms with Crippen molar-refractivity contribution in [1.29, 1.82) is 0 Å². The first-order valence-corrected chi connectivity index (χ1v) is 9.18. The van der Waals surface area contributed by atoms with E-state index in [1.807, 2.05) is 64.9 Å². The highest BCUT2D eigenvalue weighted by Crippen LogP contribution is 2.21. The normalized spacial score (nSPS) is 11.6. The van der Waals surface area contributed by atoms with Crippen LogP contribution in [0.3, 0.4) is 0 Å². The zero-order valence-corrected chi connectivity index (χ0v) is 15.8. The first-order chi connectivity index (χ1) is 11.1. The largest absolute Gasteiger partial charge is 0.363 e. The number of hydrogen-bond donors (Lipinski definition) is 1. The lowest BCUT2D eigenvalue weighted by Crippen LogP contribution is -2.26. The van der Waals surface area contributed by atoms with Crippen molar-refractivity contribution in [2.75, 3.05) is 19.0 Å². The van der Waals surface area contributed by atoms with Gasteiger partial charge in [0, 0.05) is 25.9 Å². The van der Waals surface area contributed by atoms with Gasteiger partial charge in [-0.2, -0.15) is 0 Å². The molecule has 0 spiro atoms. The Hall–Kier alpha value is -1.99. The van der Waals surface area contributed by atoms with Gasteiger partial charge < -0.3 is 4.90 Å². The molecule has 0 atom stereocenters. The molecule has 0 bridgehead atoms. The Labute approximate surface area is 144 Å². The van der Waals surface area contributed by atoms with Crippen molar-refractivity contribution in [3.05, 3.63) is 46.4 Å².